The molecule has 2 aromatic rings. The molecule has 0 aliphatic carbocycles. The Morgan fingerprint density at radius 2 is 1.69 bits per heavy atom. The van der Waals surface area contributed by atoms with Gasteiger partial charge in [0.1, 0.15) is 11.8 Å². The molecule has 0 spiro atoms. The van der Waals surface area contributed by atoms with Gasteiger partial charge in [-0.15, -0.1) is 0 Å². The fraction of sp³-hybridized carbons (Fsp3) is 0.409. The van der Waals surface area contributed by atoms with E-state index in [1.807, 2.05) is 64.1 Å². The maximum absolute atomic E-state index is 12.7. The first-order chi connectivity index (χ1) is 13.5. The molecule has 0 bridgehead atoms. The number of ether oxygens (including phenoxy) is 1. The maximum atomic E-state index is 12.7. The highest BCUT2D eigenvalue weighted by molar-refractivity contribution is 7.92. The van der Waals surface area contributed by atoms with Crippen LogP contribution in [0, 0.1) is 13.8 Å². The van der Waals surface area contributed by atoms with Gasteiger partial charge in [0.2, 0.25) is 15.9 Å². The highest BCUT2D eigenvalue weighted by Gasteiger charge is 2.30. The topological polar surface area (TPSA) is 75.7 Å². The summed E-state index contributed by atoms with van der Waals surface area (Å²) >= 11 is 0. The van der Waals surface area contributed by atoms with E-state index in [1.165, 1.54) is 4.31 Å². The highest BCUT2D eigenvalue weighted by Crippen LogP contribution is 2.26. The fourth-order valence-corrected chi connectivity index (χ4v) is 4.26. The molecule has 1 N–H and O–H groups in total. The Balaban J connectivity index is 2.14. The van der Waals surface area contributed by atoms with Gasteiger partial charge in [0.15, 0.2) is 0 Å². The van der Waals surface area contributed by atoms with Crippen LogP contribution in [0.3, 0.4) is 0 Å². The molecule has 0 saturated carbocycles. The van der Waals surface area contributed by atoms with Crippen LogP contribution in [-0.2, 0) is 21.4 Å². The number of hydrogen-bond acceptors (Lipinski definition) is 4. The first-order valence-corrected chi connectivity index (χ1v) is 11.4. The van der Waals surface area contributed by atoms with Crippen molar-refractivity contribution in [2.24, 2.45) is 0 Å². The van der Waals surface area contributed by atoms with Crippen LogP contribution in [-0.4, -0.2) is 32.7 Å². The average molecular weight is 419 g/mol. The molecule has 0 radical (unpaired) electrons. The summed E-state index contributed by atoms with van der Waals surface area (Å²) in [5.41, 5.74) is 3.14. The monoisotopic (exact) mass is 418 g/mol. The van der Waals surface area contributed by atoms with Crippen molar-refractivity contribution < 1.29 is 17.9 Å². The second kappa shape index (κ2) is 9.31. The molecule has 2 rings (SSSR count). The summed E-state index contributed by atoms with van der Waals surface area (Å²) < 4.78 is 31.7. The summed E-state index contributed by atoms with van der Waals surface area (Å²) in [6.07, 6.45) is 1.21. The van der Waals surface area contributed by atoms with Gasteiger partial charge in [0.25, 0.3) is 0 Å². The Bertz CT molecular complexity index is 953. The third kappa shape index (κ3) is 6.22. The number of carbonyl (C=O) groups is 1. The molecule has 0 aliphatic heterocycles. The van der Waals surface area contributed by atoms with E-state index in [0.717, 1.165) is 28.7 Å². The van der Waals surface area contributed by atoms with Crippen molar-refractivity contribution in [1.29, 1.82) is 0 Å². The highest BCUT2D eigenvalue weighted by atomic mass is 32.2. The molecule has 29 heavy (non-hydrogen) atoms. The summed E-state index contributed by atoms with van der Waals surface area (Å²) in [4.78, 5) is 12.7. The Hall–Kier alpha value is -2.54. The van der Waals surface area contributed by atoms with Crippen molar-refractivity contribution >= 4 is 21.6 Å². The largest absolute Gasteiger partial charge is 0.491 e. The van der Waals surface area contributed by atoms with Crippen LogP contribution in [0.2, 0.25) is 0 Å². The lowest BCUT2D eigenvalue weighted by molar-refractivity contribution is -0.122. The van der Waals surface area contributed by atoms with E-state index in [-0.39, 0.29) is 12.0 Å². The third-order valence-corrected chi connectivity index (χ3v) is 5.68. The zero-order valence-corrected chi connectivity index (χ0v) is 18.7. The molecule has 0 aliphatic rings. The number of rotatable bonds is 8. The number of sulfonamides is 1. The van der Waals surface area contributed by atoms with E-state index in [4.69, 9.17) is 4.74 Å². The summed E-state index contributed by atoms with van der Waals surface area (Å²) in [6, 6.07) is 12.1. The summed E-state index contributed by atoms with van der Waals surface area (Å²) in [5.74, 6) is 0.403. The third-order valence-electron chi connectivity index (χ3n) is 4.45. The lowest BCUT2D eigenvalue weighted by Crippen LogP contribution is -2.48. The number of nitrogens with zero attached hydrogens (tertiary/aromatic N) is 1. The van der Waals surface area contributed by atoms with Gasteiger partial charge in [0.05, 0.1) is 18.0 Å². The van der Waals surface area contributed by atoms with Gasteiger partial charge in [-0.3, -0.25) is 9.10 Å². The molecule has 1 atom stereocenters. The SMILES string of the molecule is Cc1ccc(C)c(N([C@@H](C)C(=O)NCc2ccc(OC(C)C)cc2)S(C)(=O)=O)c1. The lowest BCUT2D eigenvalue weighted by Gasteiger charge is -2.29. The number of hydrogen-bond donors (Lipinski definition) is 1. The second-order valence-corrected chi connectivity index (χ2v) is 9.41. The van der Waals surface area contributed by atoms with E-state index in [1.54, 1.807) is 13.0 Å². The molecule has 2 aromatic carbocycles. The van der Waals surface area contributed by atoms with Gasteiger partial charge in [-0.25, -0.2) is 8.42 Å². The molecule has 7 heteroatoms. The lowest BCUT2D eigenvalue weighted by atomic mass is 10.1. The van der Waals surface area contributed by atoms with Crippen LogP contribution in [0.5, 0.6) is 5.75 Å². The van der Waals surface area contributed by atoms with Gasteiger partial charge in [-0.2, -0.15) is 0 Å². The Labute approximate surface area is 173 Å². The van der Waals surface area contributed by atoms with Gasteiger partial charge in [-0.05, 0) is 69.5 Å². The molecule has 0 aromatic heterocycles. The van der Waals surface area contributed by atoms with Crippen LogP contribution in [0.4, 0.5) is 5.69 Å². The van der Waals surface area contributed by atoms with Crippen molar-refractivity contribution in [3.05, 3.63) is 59.2 Å². The summed E-state index contributed by atoms with van der Waals surface area (Å²) in [7, 11) is -3.65. The molecular formula is C22H30N2O4S. The van der Waals surface area contributed by atoms with Crippen molar-refractivity contribution in [3.63, 3.8) is 0 Å². The molecule has 158 valence electrons. The van der Waals surface area contributed by atoms with Gasteiger partial charge >= 0.3 is 0 Å². The summed E-state index contributed by atoms with van der Waals surface area (Å²) in [6.45, 7) is 9.53. The zero-order chi connectivity index (χ0) is 21.8. The van der Waals surface area contributed by atoms with Crippen molar-refractivity contribution in [3.8, 4) is 5.75 Å². The average Bonchev–Trinajstić information content (AvgIpc) is 2.62. The number of carbonyl (C=O) groups excluding carboxylic acids is 1. The van der Waals surface area contributed by atoms with Crippen molar-refractivity contribution in [2.45, 2.75) is 53.3 Å². The van der Waals surface area contributed by atoms with E-state index >= 15 is 0 Å². The maximum Gasteiger partial charge on any atom is 0.243 e. The van der Waals surface area contributed by atoms with Crippen molar-refractivity contribution in [1.82, 2.24) is 5.32 Å². The van der Waals surface area contributed by atoms with E-state index in [0.29, 0.717) is 12.2 Å². The molecule has 1 amide bonds. The zero-order valence-electron chi connectivity index (χ0n) is 17.9. The molecular weight excluding hydrogens is 388 g/mol. The normalized spacial score (nSPS) is 12.5. The van der Waals surface area contributed by atoms with Crippen molar-refractivity contribution in [2.75, 3.05) is 10.6 Å². The van der Waals surface area contributed by atoms with Crippen LogP contribution in [0.1, 0.15) is 37.5 Å². The van der Waals surface area contributed by atoms with Gasteiger partial charge in [-0.1, -0.05) is 24.3 Å². The minimum atomic E-state index is -3.65. The van der Waals surface area contributed by atoms with Crippen LogP contribution >= 0.6 is 0 Å². The fourth-order valence-electron chi connectivity index (χ4n) is 3.03. The number of benzene rings is 2. The minimum Gasteiger partial charge on any atom is -0.491 e. The smallest absolute Gasteiger partial charge is 0.243 e. The number of amides is 1. The van der Waals surface area contributed by atoms with Gasteiger partial charge in [0, 0.05) is 6.54 Å². The summed E-state index contributed by atoms with van der Waals surface area (Å²) in [5, 5.41) is 2.83. The standard InChI is InChI=1S/C22H30N2O4S/c1-15(2)28-20-11-9-19(10-12-20)14-23-22(25)18(5)24(29(6,26)27)21-13-16(3)7-8-17(21)4/h7-13,15,18H,14H2,1-6H3,(H,23,25)/t18-/m0/s1. The quantitative estimate of drug-likeness (QED) is 0.711. The predicted octanol–water partition coefficient (Wildman–Crippen LogP) is 3.56. The van der Waals surface area contributed by atoms with E-state index in [9.17, 15) is 13.2 Å². The Morgan fingerprint density at radius 3 is 2.24 bits per heavy atom. The molecule has 0 unspecified atom stereocenters. The number of anilines is 1. The number of nitrogens with one attached hydrogen (secondary N) is 1. The second-order valence-electron chi connectivity index (χ2n) is 7.55. The Morgan fingerprint density at radius 1 is 1.07 bits per heavy atom. The number of aryl methyl sites for hydroxylation is 2. The van der Waals surface area contributed by atoms with Crippen LogP contribution in [0.25, 0.3) is 0 Å². The van der Waals surface area contributed by atoms with E-state index in [2.05, 4.69) is 5.32 Å². The predicted molar refractivity (Wildman–Crippen MR) is 117 cm³/mol. The molecule has 6 nitrogen and oxygen atoms in total. The van der Waals surface area contributed by atoms with Gasteiger partial charge < -0.3 is 10.1 Å². The molecule has 0 heterocycles. The molecule has 0 saturated heterocycles. The first-order valence-electron chi connectivity index (χ1n) is 9.59. The first kappa shape index (κ1) is 22.7. The molecule has 0 fully saturated rings. The van der Waals surface area contributed by atoms with Crippen LogP contribution < -0.4 is 14.4 Å². The van der Waals surface area contributed by atoms with E-state index < -0.39 is 16.1 Å². The van der Waals surface area contributed by atoms with Crippen LogP contribution in [0.15, 0.2) is 42.5 Å². The Kier molecular flexibility index (Phi) is 7.30. The minimum absolute atomic E-state index is 0.0912.